The highest BCUT2D eigenvalue weighted by atomic mass is 35.5. The van der Waals surface area contributed by atoms with Crippen molar-refractivity contribution in [2.45, 2.75) is 33.4 Å². The van der Waals surface area contributed by atoms with Crippen LogP contribution in [-0.4, -0.2) is 10.7 Å². The Bertz CT molecular complexity index is 569. The van der Waals surface area contributed by atoms with E-state index >= 15 is 0 Å². The van der Waals surface area contributed by atoms with Crippen LogP contribution in [0.25, 0.3) is 10.9 Å². The van der Waals surface area contributed by atoms with Crippen molar-refractivity contribution in [2.24, 2.45) is 0 Å². The standard InChI is InChI=1S/C15H18ClNO/c1-11(2)18-15-6-4-5-14-13(15)7-8-17(14)10-12(3)9-16/h4-9,11H,10H2,1-3H3/b12-9+. The summed E-state index contributed by atoms with van der Waals surface area (Å²) in [5.74, 6) is 0.939. The first-order chi connectivity index (χ1) is 8.61. The second kappa shape index (κ2) is 5.49. The summed E-state index contributed by atoms with van der Waals surface area (Å²) in [6.07, 6.45) is 2.25. The maximum Gasteiger partial charge on any atom is 0.129 e. The molecule has 96 valence electrons. The van der Waals surface area contributed by atoms with Gasteiger partial charge in [0.1, 0.15) is 5.75 Å². The van der Waals surface area contributed by atoms with Crippen LogP contribution in [0.15, 0.2) is 41.6 Å². The number of nitrogens with zero attached hydrogens (tertiary/aromatic N) is 1. The number of halogens is 1. The molecule has 0 aliphatic heterocycles. The third kappa shape index (κ3) is 2.70. The van der Waals surface area contributed by atoms with E-state index in [2.05, 4.69) is 22.9 Å². The molecule has 0 N–H and O–H groups in total. The summed E-state index contributed by atoms with van der Waals surface area (Å²) in [5, 5.41) is 1.15. The fourth-order valence-electron chi connectivity index (χ4n) is 1.99. The van der Waals surface area contributed by atoms with Crippen molar-refractivity contribution in [3.63, 3.8) is 0 Å². The van der Waals surface area contributed by atoms with Crippen LogP contribution in [-0.2, 0) is 6.54 Å². The highest BCUT2D eigenvalue weighted by Gasteiger charge is 2.07. The highest BCUT2D eigenvalue weighted by Crippen LogP contribution is 2.27. The first kappa shape index (κ1) is 13.0. The number of ether oxygens (including phenoxy) is 1. The Kier molecular flexibility index (Phi) is 3.97. The molecule has 18 heavy (non-hydrogen) atoms. The summed E-state index contributed by atoms with van der Waals surface area (Å²) in [6, 6.07) is 8.23. The molecule has 0 amide bonds. The molecule has 1 aromatic carbocycles. The van der Waals surface area contributed by atoms with E-state index in [-0.39, 0.29) is 6.10 Å². The summed E-state index contributed by atoms with van der Waals surface area (Å²) < 4.78 is 8.00. The molecule has 1 heterocycles. The third-order valence-corrected chi connectivity index (χ3v) is 3.11. The molecule has 0 aliphatic rings. The minimum Gasteiger partial charge on any atom is -0.490 e. The molecule has 0 atom stereocenters. The Labute approximate surface area is 113 Å². The van der Waals surface area contributed by atoms with E-state index in [0.29, 0.717) is 0 Å². The number of hydrogen-bond donors (Lipinski definition) is 0. The van der Waals surface area contributed by atoms with Crippen molar-refractivity contribution in [1.29, 1.82) is 0 Å². The molecule has 2 nitrogen and oxygen atoms in total. The van der Waals surface area contributed by atoms with Crippen LogP contribution >= 0.6 is 11.6 Å². The van der Waals surface area contributed by atoms with Gasteiger partial charge < -0.3 is 9.30 Å². The molecule has 0 spiro atoms. The largest absolute Gasteiger partial charge is 0.490 e. The van der Waals surface area contributed by atoms with E-state index < -0.39 is 0 Å². The molecule has 0 unspecified atom stereocenters. The van der Waals surface area contributed by atoms with Gasteiger partial charge in [-0.25, -0.2) is 0 Å². The SMILES string of the molecule is C/C(=C\Cl)Cn1ccc2c(OC(C)C)cccc21. The van der Waals surface area contributed by atoms with Gasteiger partial charge in [0, 0.05) is 23.7 Å². The molecule has 3 heteroatoms. The average Bonchev–Trinajstić information content (AvgIpc) is 2.73. The minimum atomic E-state index is 0.184. The lowest BCUT2D eigenvalue weighted by atomic mass is 10.2. The zero-order chi connectivity index (χ0) is 13.1. The Hall–Kier alpha value is -1.41. The quantitative estimate of drug-likeness (QED) is 0.788. The number of aromatic nitrogens is 1. The van der Waals surface area contributed by atoms with Gasteiger partial charge in [-0.15, -0.1) is 0 Å². The van der Waals surface area contributed by atoms with Gasteiger partial charge in [-0.3, -0.25) is 0 Å². The van der Waals surface area contributed by atoms with Crippen LogP contribution in [0.2, 0.25) is 0 Å². The van der Waals surface area contributed by atoms with E-state index in [1.165, 1.54) is 5.52 Å². The molecule has 2 aromatic rings. The normalized spacial score (nSPS) is 12.4. The number of fused-ring (bicyclic) bond motifs is 1. The van der Waals surface area contributed by atoms with Crippen LogP contribution in [0.3, 0.4) is 0 Å². The molecule has 0 saturated carbocycles. The molecule has 0 radical (unpaired) electrons. The van der Waals surface area contributed by atoms with E-state index in [1.807, 2.05) is 32.9 Å². The van der Waals surface area contributed by atoms with E-state index in [9.17, 15) is 0 Å². The first-order valence-corrected chi connectivity index (χ1v) is 6.56. The van der Waals surface area contributed by atoms with Crippen LogP contribution in [0.4, 0.5) is 0 Å². The monoisotopic (exact) mass is 263 g/mol. The minimum absolute atomic E-state index is 0.184. The number of rotatable bonds is 4. The van der Waals surface area contributed by atoms with Crippen molar-refractivity contribution in [3.8, 4) is 5.75 Å². The summed E-state index contributed by atoms with van der Waals surface area (Å²) in [4.78, 5) is 0. The van der Waals surface area contributed by atoms with Gasteiger partial charge in [-0.05, 0) is 44.5 Å². The average molecular weight is 264 g/mol. The molecule has 0 bridgehead atoms. The van der Waals surface area contributed by atoms with Crippen molar-refractivity contribution in [2.75, 3.05) is 0 Å². The second-order valence-electron chi connectivity index (χ2n) is 4.75. The molecule has 0 saturated heterocycles. The van der Waals surface area contributed by atoms with E-state index in [1.54, 1.807) is 5.54 Å². The van der Waals surface area contributed by atoms with Crippen molar-refractivity contribution in [3.05, 3.63) is 41.6 Å². The van der Waals surface area contributed by atoms with Gasteiger partial charge in [0.05, 0.1) is 11.6 Å². The van der Waals surface area contributed by atoms with Crippen molar-refractivity contribution < 1.29 is 4.74 Å². The molecule has 2 rings (SSSR count). The van der Waals surface area contributed by atoms with Gasteiger partial charge in [0.25, 0.3) is 0 Å². The third-order valence-electron chi connectivity index (χ3n) is 2.74. The zero-order valence-electron chi connectivity index (χ0n) is 11.0. The molecule has 0 fully saturated rings. The summed E-state index contributed by atoms with van der Waals surface area (Å²) in [5.41, 5.74) is 3.93. The zero-order valence-corrected chi connectivity index (χ0v) is 11.7. The van der Waals surface area contributed by atoms with Crippen LogP contribution < -0.4 is 4.74 Å². The Morgan fingerprint density at radius 2 is 2.17 bits per heavy atom. The Morgan fingerprint density at radius 1 is 1.39 bits per heavy atom. The van der Waals surface area contributed by atoms with Gasteiger partial charge in [0.2, 0.25) is 0 Å². The van der Waals surface area contributed by atoms with Gasteiger partial charge in [-0.1, -0.05) is 17.7 Å². The second-order valence-corrected chi connectivity index (χ2v) is 4.97. The lowest BCUT2D eigenvalue weighted by molar-refractivity contribution is 0.245. The molecule has 0 aliphatic carbocycles. The summed E-state index contributed by atoms with van der Waals surface area (Å²) in [6.45, 7) is 6.90. The topological polar surface area (TPSA) is 14.2 Å². The Morgan fingerprint density at radius 3 is 2.83 bits per heavy atom. The highest BCUT2D eigenvalue weighted by molar-refractivity contribution is 6.25. The van der Waals surface area contributed by atoms with Crippen molar-refractivity contribution >= 4 is 22.5 Å². The van der Waals surface area contributed by atoms with Crippen LogP contribution in [0, 0.1) is 0 Å². The van der Waals surface area contributed by atoms with Gasteiger partial charge in [-0.2, -0.15) is 0 Å². The number of benzene rings is 1. The van der Waals surface area contributed by atoms with Gasteiger partial charge in [0.15, 0.2) is 0 Å². The number of hydrogen-bond acceptors (Lipinski definition) is 1. The summed E-state index contributed by atoms with van der Waals surface area (Å²) in [7, 11) is 0. The van der Waals surface area contributed by atoms with Crippen molar-refractivity contribution in [1.82, 2.24) is 4.57 Å². The molecule has 1 aromatic heterocycles. The van der Waals surface area contributed by atoms with Crippen LogP contribution in [0.5, 0.6) is 5.75 Å². The maximum atomic E-state index is 5.82. The van der Waals surface area contributed by atoms with E-state index in [0.717, 1.165) is 23.3 Å². The fraction of sp³-hybridized carbons (Fsp3) is 0.333. The molecular formula is C15H18ClNO. The summed E-state index contributed by atoms with van der Waals surface area (Å²) >= 11 is 5.72. The Balaban J connectivity index is 2.41. The lowest BCUT2D eigenvalue weighted by Crippen LogP contribution is -2.05. The lowest BCUT2D eigenvalue weighted by Gasteiger charge is -2.11. The van der Waals surface area contributed by atoms with Crippen LogP contribution in [0.1, 0.15) is 20.8 Å². The molecular weight excluding hydrogens is 246 g/mol. The predicted molar refractivity (Wildman–Crippen MR) is 77.3 cm³/mol. The van der Waals surface area contributed by atoms with Gasteiger partial charge >= 0.3 is 0 Å². The maximum absolute atomic E-state index is 5.82. The predicted octanol–water partition coefficient (Wildman–Crippen LogP) is 4.57. The number of allylic oxidation sites excluding steroid dienone is 1. The smallest absolute Gasteiger partial charge is 0.129 e. The van der Waals surface area contributed by atoms with E-state index in [4.69, 9.17) is 16.3 Å². The fourth-order valence-corrected chi connectivity index (χ4v) is 2.06. The first-order valence-electron chi connectivity index (χ1n) is 6.12.